The van der Waals surface area contributed by atoms with E-state index in [2.05, 4.69) is 34.9 Å². The van der Waals surface area contributed by atoms with Gasteiger partial charge in [0, 0.05) is 19.1 Å². The van der Waals surface area contributed by atoms with Crippen molar-refractivity contribution >= 4 is 0 Å². The van der Waals surface area contributed by atoms with Gasteiger partial charge < -0.3 is 4.74 Å². The summed E-state index contributed by atoms with van der Waals surface area (Å²) in [5.41, 5.74) is 1.26. The van der Waals surface area contributed by atoms with Crippen molar-refractivity contribution < 1.29 is 4.74 Å². The monoisotopic (exact) mass is 274 g/mol. The molecule has 0 spiro atoms. The summed E-state index contributed by atoms with van der Waals surface area (Å²) in [6.45, 7) is 9.03. The van der Waals surface area contributed by atoms with Crippen molar-refractivity contribution in [3.63, 3.8) is 0 Å². The molecule has 1 aromatic rings. The molecule has 1 aromatic carbocycles. The molecular formula is C17H26N2O. The van der Waals surface area contributed by atoms with Crippen LogP contribution < -0.4 is 4.74 Å². The van der Waals surface area contributed by atoms with E-state index in [9.17, 15) is 0 Å². The van der Waals surface area contributed by atoms with E-state index in [0.29, 0.717) is 0 Å². The van der Waals surface area contributed by atoms with Crippen LogP contribution in [0.15, 0.2) is 24.3 Å². The molecule has 20 heavy (non-hydrogen) atoms. The summed E-state index contributed by atoms with van der Waals surface area (Å²) in [4.78, 5) is 5.27. The third-order valence-electron chi connectivity index (χ3n) is 4.55. The molecule has 2 fully saturated rings. The van der Waals surface area contributed by atoms with Crippen molar-refractivity contribution in [1.29, 1.82) is 0 Å². The maximum absolute atomic E-state index is 5.89. The highest BCUT2D eigenvalue weighted by atomic mass is 16.5. The Balaban J connectivity index is 1.46. The van der Waals surface area contributed by atoms with Gasteiger partial charge in [-0.05, 0) is 63.5 Å². The first-order chi connectivity index (χ1) is 9.81. The molecule has 0 bridgehead atoms. The molecule has 2 aliphatic heterocycles. The standard InChI is InChI=1S/C17H26N2O/c1-15-5-2-7-17(13-15)20-12-11-18-8-4-10-19-9-3-6-16(19)14-18/h2,5,7,13,16H,3-4,6,8-12,14H2,1H3. The fourth-order valence-corrected chi connectivity index (χ4v) is 3.48. The second kappa shape index (κ2) is 6.59. The molecule has 0 amide bonds. The van der Waals surface area contributed by atoms with Crippen LogP contribution in [-0.2, 0) is 0 Å². The number of fused-ring (bicyclic) bond motifs is 1. The van der Waals surface area contributed by atoms with Crippen molar-refractivity contribution in [2.45, 2.75) is 32.2 Å². The lowest BCUT2D eigenvalue weighted by Gasteiger charge is -2.25. The van der Waals surface area contributed by atoms with Gasteiger partial charge in [0.05, 0.1) is 0 Å². The van der Waals surface area contributed by atoms with Crippen molar-refractivity contribution in [1.82, 2.24) is 9.80 Å². The second-order valence-electron chi connectivity index (χ2n) is 6.15. The number of ether oxygens (including phenoxy) is 1. The molecule has 110 valence electrons. The summed E-state index contributed by atoms with van der Waals surface area (Å²) in [5, 5.41) is 0. The fraction of sp³-hybridized carbons (Fsp3) is 0.647. The van der Waals surface area contributed by atoms with Crippen LogP contribution in [0, 0.1) is 6.92 Å². The molecule has 3 rings (SSSR count). The third kappa shape index (κ3) is 3.53. The number of hydrogen-bond donors (Lipinski definition) is 0. The minimum atomic E-state index is 0.802. The average molecular weight is 274 g/mol. The molecule has 1 atom stereocenters. The van der Waals surface area contributed by atoms with Crippen LogP contribution in [0.4, 0.5) is 0 Å². The zero-order chi connectivity index (χ0) is 13.8. The molecule has 2 aliphatic rings. The predicted octanol–water partition coefficient (Wildman–Crippen LogP) is 2.54. The molecule has 3 nitrogen and oxygen atoms in total. The summed E-state index contributed by atoms with van der Waals surface area (Å²) >= 11 is 0. The predicted molar refractivity (Wildman–Crippen MR) is 82.3 cm³/mol. The van der Waals surface area contributed by atoms with Gasteiger partial charge in [0.15, 0.2) is 0 Å². The molecule has 3 heteroatoms. The highest BCUT2D eigenvalue weighted by Crippen LogP contribution is 2.21. The zero-order valence-corrected chi connectivity index (χ0v) is 12.6. The fourth-order valence-electron chi connectivity index (χ4n) is 3.48. The Kier molecular flexibility index (Phi) is 4.58. The highest BCUT2D eigenvalue weighted by Gasteiger charge is 2.28. The Morgan fingerprint density at radius 1 is 1.20 bits per heavy atom. The van der Waals surface area contributed by atoms with Crippen LogP contribution in [-0.4, -0.2) is 55.2 Å². The van der Waals surface area contributed by atoms with Gasteiger partial charge in [-0.2, -0.15) is 0 Å². The van der Waals surface area contributed by atoms with Crippen molar-refractivity contribution in [2.75, 3.05) is 39.3 Å². The van der Waals surface area contributed by atoms with Crippen LogP contribution >= 0.6 is 0 Å². The molecule has 0 aromatic heterocycles. The second-order valence-corrected chi connectivity index (χ2v) is 6.15. The van der Waals surface area contributed by atoms with E-state index >= 15 is 0 Å². The number of nitrogens with zero attached hydrogens (tertiary/aromatic N) is 2. The Hall–Kier alpha value is -1.06. The first-order valence-electron chi connectivity index (χ1n) is 7.97. The van der Waals surface area contributed by atoms with Gasteiger partial charge in [-0.1, -0.05) is 12.1 Å². The van der Waals surface area contributed by atoms with Crippen LogP contribution in [0.5, 0.6) is 5.75 Å². The molecular weight excluding hydrogens is 248 g/mol. The van der Waals surface area contributed by atoms with Gasteiger partial charge in [0.1, 0.15) is 12.4 Å². The number of aryl methyl sites for hydroxylation is 1. The van der Waals surface area contributed by atoms with Gasteiger partial charge >= 0.3 is 0 Å². The molecule has 0 saturated carbocycles. The van der Waals surface area contributed by atoms with Gasteiger partial charge in [-0.3, -0.25) is 9.80 Å². The zero-order valence-electron chi connectivity index (χ0n) is 12.6. The van der Waals surface area contributed by atoms with E-state index < -0.39 is 0 Å². The summed E-state index contributed by atoms with van der Waals surface area (Å²) in [7, 11) is 0. The molecule has 2 saturated heterocycles. The summed E-state index contributed by atoms with van der Waals surface area (Å²) in [6, 6.07) is 9.13. The number of rotatable bonds is 4. The van der Waals surface area contributed by atoms with E-state index in [4.69, 9.17) is 4.74 Å². The highest BCUT2D eigenvalue weighted by molar-refractivity contribution is 5.27. The van der Waals surface area contributed by atoms with E-state index in [1.165, 1.54) is 51.0 Å². The normalized spacial score (nSPS) is 24.4. The van der Waals surface area contributed by atoms with Crippen LogP contribution in [0.1, 0.15) is 24.8 Å². The van der Waals surface area contributed by atoms with Gasteiger partial charge in [-0.15, -0.1) is 0 Å². The largest absolute Gasteiger partial charge is 0.492 e. The Bertz CT molecular complexity index is 435. The van der Waals surface area contributed by atoms with E-state index in [0.717, 1.165) is 24.9 Å². The lowest BCUT2D eigenvalue weighted by atomic mass is 10.2. The number of benzene rings is 1. The maximum Gasteiger partial charge on any atom is 0.119 e. The SMILES string of the molecule is Cc1cccc(OCCN2CCCN3CCCC3C2)c1. The lowest BCUT2D eigenvalue weighted by Crippen LogP contribution is -2.38. The minimum Gasteiger partial charge on any atom is -0.492 e. The van der Waals surface area contributed by atoms with Gasteiger partial charge in [0.2, 0.25) is 0 Å². The smallest absolute Gasteiger partial charge is 0.119 e. The van der Waals surface area contributed by atoms with E-state index in [1.54, 1.807) is 0 Å². The van der Waals surface area contributed by atoms with Crippen molar-refractivity contribution in [3.05, 3.63) is 29.8 Å². The number of hydrogen-bond acceptors (Lipinski definition) is 3. The first-order valence-corrected chi connectivity index (χ1v) is 7.97. The van der Waals surface area contributed by atoms with Crippen LogP contribution in [0.2, 0.25) is 0 Å². The molecule has 0 aliphatic carbocycles. The minimum absolute atomic E-state index is 0.802. The molecule has 0 radical (unpaired) electrons. The van der Waals surface area contributed by atoms with Crippen molar-refractivity contribution in [3.8, 4) is 5.75 Å². The van der Waals surface area contributed by atoms with Crippen LogP contribution in [0.3, 0.4) is 0 Å². The Morgan fingerprint density at radius 3 is 3.00 bits per heavy atom. The van der Waals surface area contributed by atoms with Gasteiger partial charge in [0.25, 0.3) is 0 Å². The summed E-state index contributed by atoms with van der Waals surface area (Å²) < 4.78 is 5.89. The quantitative estimate of drug-likeness (QED) is 0.839. The molecule has 0 N–H and O–H groups in total. The topological polar surface area (TPSA) is 15.7 Å². The Labute approximate surface area is 122 Å². The van der Waals surface area contributed by atoms with E-state index in [-0.39, 0.29) is 0 Å². The molecule has 2 heterocycles. The van der Waals surface area contributed by atoms with Crippen LogP contribution in [0.25, 0.3) is 0 Å². The summed E-state index contributed by atoms with van der Waals surface area (Å²) in [5.74, 6) is 1.00. The first kappa shape index (κ1) is 13.9. The summed E-state index contributed by atoms with van der Waals surface area (Å²) in [6.07, 6.45) is 4.08. The van der Waals surface area contributed by atoms with Crippen molar-refractivity contribution in [2.24, 2.45) is 0 Å². The maximum atomic E-state index is 5.89. The third-order valence-corrected chi connectivity index (χ3v) is 4.55. The lowest BCUT2D eigenvalue weighted by molar-refractivity contribution is 0.188. The average Bonchev–Trinajstić information content (AvgIpc) is 2.78. The Morgan fingerprint density at radius 2 is 2.10 bits per heavy atom. The van der Waals surface area contributed by atoms with Gasteiger partial charge in [-0.25, -0.2) is 0 Å². The van der Waals surface area contributed by atoms with E-state index in [1.807, 2.05) is 6.07 Å². The molecule has 1 unspecified atom stereocenters.